The first-order valence-electron chi connectivity index (χ1n) is 9.31. The average molecular weight is 463 g/mol. The molecule has 1 saturated heterocycles. The van der Waals surface area contributed by atoms with Crippen LogP contribution in [-0.4, -0.2) is 54.3 Å². The lowest BCUT2D eigenvalue weighted by Crippen LogP contribution is -2.46. The molecule has 0 aliphatic carbocycles. The number of carbonyl (C=O) groups excluding carboxylic acids is 3. The van der Waals surface area contributed by atoms with Crippen LogP contribution < -0.4 is 0 Å². The number of esters is 1. The highest BCUT2D eigenvalue weighted by atomic mass is 79.9. The number of hydrogen-bond acceptors (Lipinski definition) is 5. The molecule has 0 bridgehead atoms. The number of ether oxygens (including phenoxy) is 1. The Hall–Kier alpha value is -2.61. The van der Waals surface area contributed by atoms with E-state index in [0.29, 0.717) is 35.6 Å². The molecule has 1 unspecified atom stereocenters. The Morgan fingerprint density at radius 2 is 1.97 bits per heavy atom. The molecule has 8 heteroatoms. The Labute approximate surface area is 177 Å². The van der Waals surface area contributed by atoms with Crippen LogP contribution in [0.15, 0.2) is 39.2 Å². The zero-order valence-corrected chi connectivity index (χ0v) is 18.2. The molecule has 7 nitrogen and oxygen atoms in total. The summed E-state index contributed by atoms with van der Waals surface area (Å²) in [5.74, 6) is 0.155. The number of hydrogen-bond donors (Lipinski definition) is 0. The van der Waals surface area contributed by atoms with Gasteiger partial charge in [-0.25, -0.2) is 4.79 Å². The first-order chi connectivity index (χ1) is 13.8. The highest BCUT2D eigenvalue weighted by molar-refractivity contribution is 9.10. The summed E-state index contributed by atoms with van der Waals surface area (Å²) in [6.07, 6.45) is 1.40. The maximum absolute atomic E-state index is 13.0. The fraction of sp³-hybridized carbons (Fsp3) is 0.381. The smallest absolute Gasteiger partial charge is 0.341 e. The van der Waals surface area contributed by atoms with Gasteiger partial charge in [-0.1, -0.05) is 15.9 Å². The standard InChI is InChI=1S/C21H23BrN2O5/c1-13-17(21(27)28-3)11-16(29-13)12-23(2)20(26)18-5-4-10-24(18)19(25)14-6-8-15(22)9-7-14/h6-9,11,18H,4-5,10,12H2,1-3H3. The van der Waals surface area contributed by atoms with Gasteiger partial charge in [0.15, 0.2) is 0 Å². The van der Waals surface area contributed by atoms with Crippen molar-refractivity contribution in [2.45, 2.75) is 32.4 Å². The molecule has 3 rings (SSSR count). The first kappa shape index (κ1) is 21.1. The minimum atomic E-state index is -0.507. The Morgan fingerprint density at radius 3 is 2.62 bits per heavy atom. The number of likely N-dealkylation sites (tertiary alicyclic amines) is 1. The van der Waals surface area contributed by atoms with Gasteiger partial charge in [-0.2, -0.15) is 0 Å². The fourth-order valence-corrected chi connectivity index (χ4v) is 3.79. The van der Waals surface area contributed by atoms with Gasteiger partial charge in [0.25, 0.3) is 5.91 Å². The molecule has 1 aliphatic rings. The summed E-state index contributed by atoms with van der Waals surface area (Å²) in [7, 11) is 2.97. The normalized spacial score (nSPS) is 16.0. The second-order valence-corrected chi connectivity index (χ2v) is 7.95. The number of methoxy groups -OCH3 is 1. The van der Waals surface area contributed by atoms with E-state index < -0.39 is 12.0 Å². The maximum Gasteiger partial charge on any atom is 0.341 e. The lowest BCUT2D eigenvalue weighted by molar-refractivity contribution is -0.134. The van der Waals surface area contributed by atoms with E-state index in [1.807, 2.05) is 12.1 Å². The molecule has 2 aromatic rings. The van der Waals surface area contributed by atoms with Crippen molar-refractivity contribution < 1.29 is 23.5 Å². The first-order valence-corrected chi connectivity index (χ1v) is 10.1. The Bertz CT molecular complexity index is 922. The van der Waals surface area contributed by atoms with Gasteiger partial charge in [0.1, 0.15) is 23.1 Å². The quantitative estimate of drug-likeness (QED) is 0.636. The van der Waals surface area contributed by atoms with Crippen molar-refractivity contribution >= 4 is 33.7 Å². The van der Waals surface area contributed by atoms with Crippen LogP contribution in [0.2, 0.25) is 0 Å². The van der Waals surface area contributed by atoms with Crippen molar-refractivity contribution in [1.82, 2.24) is 9.80 Å². The van der Waals surface area contributed by atoms with Crippen LogP contribution in [0.25, 0.3) is 0 Å². The largest absolute Gasteiger partial charge is 0.465 e. The third kappa shape index (κ3) is 4.53. The average Bonchev–Trinajstić information content (AvgIpc) is 3.33. The van der Waals surface area contributed by atoms with Crippen LogP contribution >= 0.6 is 15.9 Å². The van der Waals surface area contributed by atoms with Gasteiger partial charge >= 0.3 is 5.97 Å². The van der Waals surface area contributed by atoms with Crippen LogP contribution in [-0.2, 0) is 16.1 Å². The maximum atomic E-state index is 13.0. The molecule has 2 amide bonds. The molecule has 1 aromatic heterocycles. The summed E-state index contributed by atoms with van der Waals surface area (Å²) in [5, 5.41) is 0. The second kappa shape index (κ2) is 8.82. The van der Waals surface area contributed by atoms with E-state index in [0.717, 1.165) is 10.9 Å². The third-order valence-electron chi connectivity index (χ3n) is 5.03. The molecule has 1 atom stereocenters. The number of benzene rings is 1. The van der Waals surface area contributed by atoms with Crippen molar-refractivity contribution in [1.29, 1.82) is 0 Å². The molecular formula is C21H23BrN2O5. The Morgan fingerprint density at radius 1 is 1.28 bits per heavy atom. The summed E-state index contributed by atoms with van der Waals surface area (Å²) >= 11 is 3.36. The van der Waals surface area contributed by atoms with Crippen LogP contribution in [0.3, 0.4) is 0 Å². The van der Waals surface area contributed by atoms with Gasteiger partial charge in [-0.05, 0) is 50.1 Å². The van der Waals surface area contributed by atoms with E-state index in [-0.39, 0.29) is 18.4 Å². The fourth-order valence-electron chi connectivity index (χ4n) is 3.53. The Kier molecular flexibility index (Phi) is 6.42. The zero-order chi connectivity index (χ0) is 21.1. The SMILES string of the molecule is COC(=O)c1cc(CN(C)C(=O)C2CCCN2C(=O)c2ccc(Br)cc2)oc1C. The van der Waals surface area contributed by atoms with Crippen LogP contribution in [0.4, 0.5) is 0 Å². The minimum Gasteiger partial charge on any atom is -0.465 e. The van der Waals surface area contributed by atoms with Gasteiger partial charge in [-0.15, -0.1) is 0 Å². The predicted octanol–water partition coefficient (Wildman–Crippen LogP) is 3.40. The molecule has 1 aliphatic heterocycles. The number of carbonyl (C=O) groups is 3. The van der Waals surface area contributed by atoms with E-state index in [1.54, 1.807) is 37.1 Å². The van der Waals surface area contributed by atoms with Crippen molar-refractivity contribution in [3.8, 4) is 0 Å². The lowest BCUT2D eigenvalue weighted by Gasteiger charge is -2.27. The molecule has 0 spiro atoms. The number of rotatable bonds is 5. The predicted molar refractivity (Wildman–Crippen MR) is 109 cm³/mol. The molecule has 0 N–H and O–H groups in total. The number of likely N-dealkylation sites (N-methyl/N-ethyl adjacent to an activating group) is 1. The number of nitrogens with zero attached hydrogens (tertiary/aromatic N) is 2. The second-order valence-electron chi connectivity index (χ2n) is 7.03. The number of halogens is 1. The van der Waals surface area contributed by atoms with Crippen LogP contribution in [0.1, 0.15) is 45.1 Å². The van der Waals surface area contributed by atoms with E-state index in [9.17, 15) is 14.4 Å². The van der Waals surface area contributed by atoms with Crippen molar-refractivity contribution in [3.05, 3.63) is 57.5 Å². The third-order valence-corrected chi connectivity index (χ3v) is 5.56. The Balaban J connectivity index is 1.70. The highest BCUT2D eigenvalue weighted by Crippen LogP contribution is 2.24. The number of aryl methyl sites for hydroxylation is 1. The van der Waals surface area contributed by atoms with Gasteiger partial charge in [0.05, 0.1) is 13.7 Å². The van der Waals surface area contributed by atoms with Crippen molar-refractivity contribution in [2.24, 2.45) is 0 Å². The monoisotopic (exact) mass is 462 g/mol. The summed E-state index contributed by atoms with van der Waals surface area (Å²) in [6.45, 7) is 2.42. The molecule has 154 valence electrons. The van der Waals surface area contributed by atoms with E-state index in [1.165, 1.54) is 12.0 Å². The molecule has 2 heterocycles. The van der Waals surface area contributed by atoms with Gasteiger partial charge < -0.3 is 19.0 Å². The van der Waals surface area contributed by atoms with Gasteiger partial charge in [-0.3, -0.25) is 9.59 Å². The summed E-state index contributed by atoms with van der Waals surface area (Å²) < 4.78 is 11.2. The van der Waals surface area contributed by atoms with Gasteiger partial charge in [0, 0.05) is 23.6 Å². The van der Waals surface area contributed by atoms with Gasteiger partial charge in [0.2, 0.25) is 5.91 Å². The molecule has 1 aromatic carbocycles. The van der Waals surface area contributed by atoms with Crippen LogP contribution in [0, 0.1) is 6.92 Å². The van der Waals surface area contributed by atoms with E-state index in [4.69, 9.17) is 9.15 Å². The van der Waals surface area contributed by atoms with Crippen LogP contribution in [0.5, 0.6) is 0 Å². The van der Waals surface area contributed by atoms with E-state index in [2.05, 4.69) is 15.9 Å². The lowest BCUT2D eigenvalue weighted by atomic mass is 10.1. The van der Waals surface area contributed by atoms with E-state index >= 15 is 0 Å². The molecular weight excluding hydrogens is 440 g/mol. The molecule has 29 heavy (non-hydrogen) atoms. The zero-order valence-electron chi connectivity index (χ0n) is 16.6. The number of amides is 2. The summed E-state index contributed by atoms with van der Waals surface area (Å²) in [4.78, 5) is 40.8. The topological polar surface area (TPSA) is 80.1 Å². The molecule has 1 fully saturated rings. The summed E-state index contributed by atoms with van der Waals surface area (Å²) in [6, 6.07) is 8.19. The minimum absolute atomic E-state index is 0.149. The van der Waals surface area contributed by atoms with Crippen molar-refractivity contribution in [2.75, 3.05) is 20.7 Å². The highest BCUT2D eigenvalue weighted by Gasteiger charge is 2.36. The number of furan rings is 1. The molecule has 0 saturated carbocycles. The summed E-state index contributed by atoms with van der Waals surface area (Å²) in [5.41, 5.74) is 0.899. The molecule has 0 radical (unpaired) electrons. The van der Waals surface area contributed by atoms with Crippen molar-refractivity contribution in [3.63, 3.8) is 0 Å².